The first-order valence-corrected chi connectivity index (χ1v) is 8.22. The van der Waals surface area contributed by atoms with E-state index in [2.05, 4.69) is 0 Å². The Morgan fingerprint density at radius 2 is 2.11 bits per heavy atom. The zero-order valence-corrected chi connectivity index (χ0v) is 11.1. The Bertz CT molecular complexity index is 585. The van der Waals surface area contributed by atoms with Crippen LogP contribution in [0.5, 0.6) is 0 Å². The molecule has 1 aliphatic carbocycles. The van der Waals surface area contributed by atoms with Crippen molar-refractivity contribution in [2.75, 3.05) is 5.75 Å². The predicted octanol–water partition coefficient (Wildman–Crippen LogP) is 1.58. The maximum Gasteiger partial charge on any atom is 0.164 e. The monoisotopic (exact) mass is 267 g/mol. The predicted molar refractivity (Wildman–Crippen MR) is 68.5 cm³/mol. The van der Waals surface area contributed by atoms with Crippen molar-refractivity contribution in [3.8, 4) is 0 Å². The van der Waals surface area contributed by atoms with Crippen LogP contribution in [0.25, 0.3) is 0 Å². The molecule has 18 heavy (non-hydrogen) atoms. The molecule has 5 heteroatoms. The van der Waals surface area contributed by atoms with E-state index in [1.165, 1.54) is 0 Å². The number of nitrogens with zero attached hydrogens (tertiary/aromatic N) is 1. The molecule has 2 heterocycles. The van der Waals surface area contributed by atoms with Crippen LogP contribution in [0.15, 0.2) is 12.3 Å². The topological polar surface area (TPSA) is 56.1 Å². The molecular formula is C13H17NO3S. The van der Waals surface area contributed by atoms with Gasteiger partial charge in [0.1, 0.15) is 0 Å². The highest BCUT2D eigenvalue weighted by Gasteiger charge is 2.32. The number of carbonyl (C=O) groups excluding carboxylic acids is 1. The third-order valence-corrected chi connectivity index (χ3v) is 6.32. The summed E-state index contributed by atoms with van der Waals surface area (Å²) in [4.78, 5) is 11.7. The first-order chi connectivity index (χ1) is 8.58. The molecule has 1 saturated heterocycles. The van der Waals surface area contributed by atoms with E-state index in [1.54, 1.807) is 0 Å². The smallest absolute Gasteiger partial charge is 0.164 e. The molecule has 3 rings (SSSR count). The molecule has 1 fully saturated rings. The third-order valence-electron chi connectivity index (χ3n) is 4.06. The van der Waals surface area contributed by atoms with Crippen molar-refractivity contribution in [1.82, 2.24) is 4.57 Å². The number of Topliss-reactive ketones (excluding diaryl/α,β-unsaturated/α-hetero) is 1. The van der Waals surface area contributed by atoms with Gasteiger partial charge < -0.3 is 4.57 Å². The first kappa shape index (κ1) is 12.0. The van der Waals surface area contributed by atoms with Crippen LogP contribution in [0.1, 0.15) is 41.7 Å². The van der Waals surface area contributed by atoms with Gasteiger partial charge in [-0.05, 0) is 31.7 Å². The number of sulfone groups is 1. The Labute approximate surface area is 107 Å². The lowest BCUT2D eigenvalue weighted by Crippen LogP contribution is -2.24. The molecule has 0 bridgehead atoms. The number of hydrogen-bond acceptors (Lipinski definition) is 3. The fourth-order valence-electron chi connectivity index (χ4n) is 3.04. The van der Waals surface area contributed by atoms with Crippen molar-refractivity contribution < 1.29 is 13.2 Å². The maximum absolute atomic E-state index is 11.8. The van der Waals surface area contributed by atoms with Gasteiger partial charge >= 0.3 is 0 Å². The molecule has 1 aromatic heterocycles. The van der Waals surface area contributed by atoms with Crippen molar-refractivity contribution >= 4 is 15.6 Å². The lowest BCUT2D eigenvalue weighted by Gasteiger charge is -2.17. The van der Waals surface area contributed by atoms with Crippen LogP contribution < -0.4 is 0 Å². The molecule has 1 unspecified atom stereocenters. The Hall–Kier alpha value is -1.10. The minimum absolute atomic E-state index is 0.198. The van der Waals surface area contributed by atoms with Crippen LogP contribution in [0, 0.1) is 0 Å². The first-order valence-electron chi connectivity index (χ1n) is 6.51. The molecule has 0 aromatic carbocycles. The molecule has 0 radical (unpaired) electrons. The van der Waals surface area contributed by atoms with Gasteiger partial charge in [0.15, 0.2) is 15.6 Å². The zero-order valence-electron chi connectivity index (χ0n) is 10.3. The van der Waals surface area contributed by atoms with Gasteiger partial charge in [0.25, 0.3) is 0 Å². The summed E-state index contributed by atoms with van der Waals surface area (Å²) in [6.45, 7) is 0.519. The molecule has 1 aliphatic heterocycles. The number of fused-ring (bicyclic) bond motifs is 1. The normalized spacial score (nSPS) is 26.2. The van der Waals surface area contributed by atoms with Gasteiger partial charge in [-0.1, -0.05) is 0 Å². The largest absolute Gasteiger partial charge is 0.349 e. The van der Waals surface area contributed by atoms with Gasteiger partial charge in [-0.3, -0.25) is 4.79 Å². The van der Waals surface area contributed by atoms with Gasteiger partial charge in [0.2, 0.25) is 0 Å². The second-order valence-electron chi connectivity index (χ2n) is 5.24. The fraction of sp³-hybridized carbons (Fsp3) is 0.615. The SMILES string of the molecule is O=C1CCCc2c1ccn2CC1CCCS1(=O)=O. The summed E-state index contributed by atoms with van der Waals surface area (Å²) >= 11 is 0. The molecular weight excluding hydrogens is 250 g/mol. The van der Waals surface area contributed by atoms with E-state index in [1.807, 2.05) is 16.8 Å². The minimum atomic E-state index is -2.91. The van der Waals surface area contributed by atoms with Crippen LogP contribution in [0.4, 0.5) is 0 Å². The minimum Gasteiger partial charge on any atom is -0.349 e. The molecule has 0 saturated carbocycles. The number of hydrogen-bond donors (Lipinski definition) is 0. The summed E-state index contributed by atoms with van der Waals surface area (Å²) in [5.41, 5.74) is 1.84. The van der Waals surface area contributed by atoms with Gasteiger partial charge in [-0.15, -0.1) is 0 Å². The van der Waals surface area contributed by atoms with Gasteiger partial charge in [0.05, 0.1) is 11.0 Å². The molecule has 0 amide bonds. The van der Waals surface area contributed by atoms with Gasteiger partial charge in [-0.25, -0.2) is 8.42 Å². The summed E-state index contributed by atoms with van der Waals surface area (Å²) in [7, 11) is -2.91. The second kappa shape index (κ2) is 4.23. The Morgan fingerprint density at radius 3 is 2.83 bits per heavy atom. The van der Waals surface area contributed by atoms with E-state index in [-0.39, 0.29) is 11.0 Å². The Balaban J connectivity index is 1.88. The van der Waals surface area contributed by atoms with Crippen molar-refractivity contribution in [2.24, 2.45) is 0 Å². The highest BCUT2D eigenvalue weighted by molar-refractivity contribution is 7.92. The van der Waals surface area contributed by atoms with Crippen molar-refractivity contribution in [3.63, 3.8) is 0 Å². The van der Waals surface area contributed by atoms with Crippen LogP contribution in [0.3, 0.4) is 0 Å². The molecule has 0 N–H and O–H groups in total. The highest BCUT2D eigenvalue weighted by Crippen LogP contribution is 2.26. The number of rotatable bonds is 2. The summed E-state index contributed by atoms with van der Waals surface area (Å²) in [6, 6.07) is 1.85. The van der Waals surface area contributed by atoms with E-state index in [9.17, 15) is 13.2 Å². The van der Waals surface area contributed by atoms with E-state index >= 15 is 0 Å². The number of aromatic nitrogens is 1. The van der Waals surface area contributed by atoms with E-state index in [0.29, 0.717) is 18.7 Å². The molecule has 4 nitrogen and oxygen atoms in total. The summed E-state index contributed by atoms with van der Waals surface area (Å²) in [5, 5.41) is -0.258. The highest BCUT2D eigenvalue weighted by atomic mass is 32.2. The third kappa shape index (κ3) is 1.90. The molecule has 1 atom stereocenters. The maximum atomic E-state index is 11.8. The van der Waals surface area contributed by atoms with Crippen molar-refractivity contribution in [3.05, 3.63) is 23.5 Å². The standard InChI is InChI=1S/C13H17NO3S/c15-13-5-1-4-12-11(13)6-7-14(12)9-10-3-2-8-18(10,16)17/h6-7,10H,1-5,8-9H2. The summed E-state index contributed by atoms with van der Waals surface area (Å²) < 4.78 is 25.7. The van der Waals surface area contributed by atoms with Gasteiger partial charge in [0, 0.05) is 30.4 Å². The molecule has 2 aliphatic rings. The van der Waals surface area contributed by atoms with Crippen LogP contribution in [-0.2, 0) is 22.8 Å². The number of ketones is 1. The van der Waals surface area contributed by atoms with Crippen LogP contribution >= 0.6 is 0 Å². The second-order valence-corrected chi connectivity index (χ2v) is 7.64. The molecule has 0 spiro atoms. The quantitative estimate of drug-likeness (QED) is 0.817. The fourth-order valence-corrected chi connectivity index (χ4v) is 4.86. The average molecular weight is 267 g/mol. The zero-order chi connectivity index (χ0) is 12.8. The lowest BCUT2D eigenvalue weighted by molar-refractivity contribution is 0.0971. The number of carbonyl (C=O) groups is 1. The molecule has 98 valence electrons. The Morgan fingerprint density at radius 1 is 1.28 bits per heavy atom. The summed E-state index contributed by atoms with van der Waals surface area (Å²) in [6.07, 6.45) is 5.80. The van der Waals surface area contributed by atoms with Crippen LogP contribution in [0.2, 0.25) is 0 Å². The molecule has 1 aromatic rings. The van der Waals surface area contributed by atoms with Gasteiger partial charge in [-0.2, -0.15) is 0 Å². The van der Waals surface area contributed by atoms with E-state index in [4.69, 9.17) is 0 Å². The van der Waals surface area contributed by atoms with E-state index < -0.39 is 9.84 Å². The summed E-state index contributed by atoms with van der Waals surface area (Å²) in [5.74, 6) is 0.518. The van der Waals surface area contributed by atoms with Crippen LogP contribution in [-0.4, -0.2) is 29.8 Å². The van der Waals surface area contributed by atoms with Crippen molar-refractivity contribution in [2.45, 2.75) is 43.9 Å². The lowest BCUT2D eigenvalue weighted by atomic mass is 9.97. The van der Waals surface area contributed by atoms with Crippen molar-refractivity contribution in [1.29, 1.82) is 0 Å². The Kier molecular flexibility index (Phi) is 2.81. The average Bonchev–Trinajstić information content (AvgIpc) is 2.86. The van der Waals surface area contributed by atoms with E-state index in [0.717, 1.165) is 36.9 Å².